The van der Waals surface area contributed by atoms with Crippen molar-refractivity contribution in [2.75, 3.05) is 20.6 Å². The second kappa shape index (κ2) is 7.95. The Morgan fingerprint density at radius 3 is 2.86 bits per heavy atom. The Morgan fingerprint density at radius 1 is 1.45 bits per heavy atom. The molecule has 7 heteroatoms. The number of rotatable bonds is 7. The zero-order valence-electron chi connectivity index (χ0n) is 13.2. The van der Waals surface area contributed by atoms with Gasteiger partial charge < -0.3 is 15.5 Å². The van der Waals surface area contributed by atoms with Gasteiger partial charge in [-0.05, 0) is 38.5 Å². The van der Waals surface area contributed by atoms with Crippen LogP contribution in [0.25, 0.3) is 0 Å². The highest BCUT2D eigenvalue weighted by Gasteiger charge is 2.16. The lowest BCUT2D eigenvalue weighted by molar-refractivity contribution is 0.229. The average Bonchev–Trinajstić information content (AvgIpc) is 3.11. The fourth-order valence-electron chi connectivity index (χ4n) is 2.22. The highest BCUT2D eigenvalue weighted by atomic mass is 32.1. The molecular formula is C15H23N5OS. The zero-order chi connectivity index (χ0) is 15.9. The van der Waals surface area contributed by atoms with Gasteiger partial charge in [0.05, 0.1) is 12.6 Å². The minimum Gasteiger partial charge on any atom is -0.336 e. The van der Waals surface area contributed by atoms with Crippen molar-refractivity contribution < 1.29 is 4.79 Å². The topological polar surface area (TPSA) is 62.2 Å². The molecule has 6 nitrogen and oxygen atoms in total. The number of aromatic nitrogens is 2. The second-order valence-electron chi connectivity index (χ2n) is 5.48. The molecule has 0 radical (unpaired) electrons. The molecule has 2 amide bonds. The van der Waals surface area contributed by atoms with Crippen LogP contribution in [-0.4, -0.2) is 47.4 Å². The smallest absolute Gasteiger partial charge is 0.315 e. The van der Waals surface area contributed by atoms with E-state index in [1.165, 1.54) is 4.88 Å². The van der Waals surface area contributed by atoms with Gasteiger partial charge >= 0.3 is 6.03 Å². The molecule has 2 heterocycles. The van der Waals surface area contributed by atoms with Gasteiger partial charge in [-0.3, -0.25) is 4.68 Å². The number of amides is 2. The van der Waals surface area contributed by atoms with Gasteiger partial charge in [-0.15, -0.1) is 11.3 Å². The quantitative estimate of drug-likeness (QED) is 0.819. The van der Waals surface area contributed by atoms with Crippen molar-refractivity contribution in [3.63, 3.8) is 0 Å². The van der Waals surface area contributed by atoms with Gasteiger partial charge in [-0.1, -0.05) is 6.07 Å². The van der Waals surface area contributed by atoms with Gasteiger partial charge in [0.25, 0.3) is 0 Å². The summed E-state index contributed by atoms with van der Waals surface area (Å²) in [6.45, 7) is 3.19. The van der Waals surface area contributed by atoms with Crippen LogP contribution in [0.5, 0.6) is 0 Å². The molecule has 0 saturated carbocycles. The molecule has 2 aromatic heterocycles. The van der Waals surface area contributed by atoms with Crippen LogP contribution in [0.4, 0.5) is 4.79 Å². The summed E-state index contributed by atoms with van der Waals surface area (Å²) < 4.78 is 1.80. The number of urea groups is 1. The molecule has 0 unspecified atom stereocenters. The van der Waals surface area contributed by atoms with Crippen molar-refractivity contribution in [1.29, 1.82) is 0 Å². The van der Waals surface area contributed by atoms with Crippen molar-refractivity contribution in [3.05, 3.63) is 40.8 Å². The standard InChI is InChI=1S/C15H23N5OS/c1-12(11-20-8-5-7-17-20)18-15(21)16-10-13(19(2)3)14-6-4-9-22-14/h4-9,12-13H,10-11H2,1-3H3,(H2,16,18,21)/t12-,13-/m0/s1. The summed E-state index contributed by atoms with van der Waals surface area (Å²) in [4.78, 5) is 15.4. The van der Waals surface area contributed by atoms with E-state index in [-0.39, 0.29) is 18.1 Å². The third-order valence-electron chi connectivity index (χ3n) is 3.35. The summed E-state index contributed by atoms with van der Waals surface area (Å²) in [5.41, 5.74) is 0. The lowest BCUT2D eigenvalue weighted by atomic mass is 10.2. The molecular weight excluding hydrogens is 298 g/mol. The van der Waals surface area contributed by atoms with E-state index in [0.29, 0.717) is 13.1 Å². The first-order valence-corrected chi connectivity index (χ1v) is 8.16. The maximum atomic E-state index is 12.0. The first-order valence-electron chi connectivity index (χ1n) is 7.28. The minimum atomic E-state index is -0.150. The SMILES string of the molecule is C[C@@H](Cn1cccn1)NC(=O)NC[C@@H](c1cccs1)N(C)C. The molecule has 0 aliphatic carbocycles. The van der Waals surface area contributed by atoms with Crippen LogP contribution in [0.3, 0.4) is 0 Å². The molecule has 2 aromatic rings. The Morgan fingerprint density at radius 2 is 2.27 bits per heavy atom. The highest BCUT2D eigenvalue weighted by Crippen LogP contribution is 2.22. The molecule has 2 atom stereocenters. The van der Waals surface area contributed by atoms with E-state index in [4.69, 9.17) is 0 Å². The van der Waals surface area contributed by atoms with Gasteiger partial charge in [-0.2, -0.15) is 5.10 Å². The molecule has 0 aromatic carbocycles. The first kappa shape index (κ1) is 16.5. The molecule has 120 valence electrons. The van der Waals surface area contributed by atoms with E-state index in [1.807, 2.05) is 39.3 Å². The van der Waals surface area contributed by atoms with Crippen molar-refractivity contribution in [2.24, 2.45) is 0 Å². The van der Waals surface area contributed by atoms with Gasteiger partial charge in [0.15, 0.2) is 0 Å². The van der Waals surface area contributed by atoms with E-state index in [0.717, 1.165) is 0 Å². The third kappa shape index (κ3) is 4.85. The van der Waals surface area contributed by atoms with E-state index in [1.54, 1.807) is 22.2 Å². The number of hydrogen-bond donors (Lipinski definition) is 2. The first-order chi connectivity index (χ1) is 10.6. The summed E-state index contributed by atoms with van der Waals surface area (Å²) in [6, 6.07) is 6.04. The fraction of sp³-hybridized carbons (Fsp3) is 0.467. The predicted octanol–water partition coefficient (Wildman–Crippen LogP) is 1.94. The fourth-order valence-corrected chi connectivity index (χ4v) is 3.14. The Hall–Kier alpha value is -1.86. The van der Waals surface area contributed by atoms with Crippen molar-refractivity contribution in [3.8, 4) is 0 Å². The second-order valence-corrected chi connectivity index (χ2v) is 6.46. The molecule has 0 aliphatic rings. The molecule has 0 saturated heterocycles. The van der Waals surface area contributed by atoms with Crippen LogP contribution in [0, 0.1) is 0 Å². The molecule has 0 spiro atoms. The lowest BCUT2D eigenvalue weighted by Crippen LogP contribution is -2.45. The maximum Gasteiger partial charge on any atom is 0.315 e. The predicted molar refractivity (Wildman–Crippen MR) is 89.0 cm³/mol. The number of nitrogens with zero attached hydrogens (tertiary/aromatic N) is 3. The Bertz CT molecular complexity index is 553. The molecule has 22 heavy (non-hydrogen) atoms. The number of likely N-dealkylation sites (N-methyl/N-ethyl adjacent to an activating group) is 1. The summed E-state index contributed by atoms with van der Waals surface area (Å²) >= 11 is 1.70. The molecule has 0 aliphatic heterocycles. The van der Waals surface area contributed by atoms with Crippen molar-refractivity contribution in [1.82, 2.24) is 25.3 Å². The van der Waals surface area contributed by atoms with Gasteiger partial charge in [0, 0.05) is 29.9 Å². The van der Waals surface area contributed by atoms with Crippen LogP contribution < -0.4 is 10.6 Å². The number of carbonyl (C=O) groups excluding carboxylic acids is 1. The number of nitrogens with one attached hydrogen (secondary N) is 2. The molecule has 0 fully saturated rings. The van der Waals surface area contributed by atoms with Crippen LogP contribution in [0.1, 0.15) is 17.8 Å². The lowest BCUT2D eigenvalue weighted by Gasteiger charge is -2.24. The zero-order valence-corrected chi connectivity index (χ0v) is 14.0. The van der Waals surface area contributed by atoms with Gasteiger partial charge in [0.2, 0.25) is 0 Å². The highest BCUT2D eigenvalue weighted by molar-refractivity contribution is 7.10. The minimum absolute atomic E-state index is 0.0134. The summed E-state index contributed by atoms with van der Waals surface area (Å²) in [6.07, 6.45) is 3.62. The molecule has 2 rings (SSSR count). The molecule has 0 bridgehead atoms. The van der Waals surface area contributed by atoms with E-state index in [9.17, 15) is 4.79 Å². The summed E-state index contributed by atoms with van der Waals surface area (Å²) in [5, 5.41) is 12.1. The van der Waals surface area contributed by atoms with Gasteiger partial charge in [-0.25, -0.2) is 4.79 Å². The summed E-state index contributed by atoms with van der Waals surface area (Å²) in [7, 11) is 4.04. The number of thiophene rings is 1. The van der Waals surface area contributed by atoms with E-state index < -0.39 is 0 Å². The monoisotopic (exact) mass is 321 g/mol. The van der Waals surface area contributed by atoms with Crippen molar-refractivity contribution in [2.45, 2.75) is 25.6 Å². The van der Waals surface area contributed by atoms with E-state index in [2.05, 4.69) is 32.1 Å². The van der Waals surface area contributed by atoms with Crippen LogP contribution in [-0.2, 0) is 6.54 Å². The molecule has 2 N–H and O–H groups in total. The Kier molecular flexibility index (Phi) is 5.97. The van der Waals surface area contributed by atoms with Crippen LogP contribution in [0.15, 0.2) is 36.0 Å². The van der Waals surface area contributed by atoms with E-state index >= 15 is 0 Å². The third-order valence-corrected chi connectivity index (χ3v) is 4.32. The maximum absolute atomic E-state index is 12.0. The Labute approximate surface area is 135 Å². The number of carbonyl (C=O) groups is 1. The average molecular weight is 321 g/mol. The largest absolute Gasteiger partial charge is 0.336 e. The Balaban J connectivity index is 1.78. The number of hydrogen-bond acceptors (Lipinski definition) is 4. The van der Waals surface area contributed by atoms with Crippen molar-refractivity contribution >= 4 is 17.4 Å². The van der Waals surface area contributed by atoms with Gasteiger partial charge in [0.1, 0.15) is 0 Å². The summed E-state index contributed by atoms with van der Waals surface area (Å²) in [5.74, 6) is 0. The normalized spacial score (nSPS) is 13.8. The van der Waals surface area contributed by atoms with Crippen LogP contribution in [0.2, 0.25) is 0 Å². The van der Waals surface area contributed by atoms with Crippen LogP contribution >= 0.6 is 11.3 Å².